The Morgan fingerprint density at radius 2 is 1.72 bits per heavy atom. The summed E-state index contributed by atoms with van der Waals surface area (Å²) in [6, 6.07) is 0. The highest BCUT2D eigenvalue weighted by Crippen LogP contribution is 2.81. The zero-order valence-electron chi connectivity index (χ0n) is 11.2. The lowest BCUT2D eigenvalue weighted by Crippen LogP contribution is -2.51. The molecule has 3 heterocycles. The van der Waals surface area contributed by atoms with Crippen molar-refractivity contribution in [2.24, 2.45) is 0 Å². The Morgan fingerprint density at radius 3 is 2.33 bits per heavy atom. The zero-order valence-corrected chi connectivity index (χ0v) is 15.3. The SMILES string of the molecule is CC(=O)SC1(C)SC2(C)CC3(C)SC1C(C)(S3)S2. The number of hydrogen-bond acceptors (Lipinski definition) is 6. The molecule has 3 saturated heterocycles. The van der Waals surface area contributed by atoms with Gasteiger partial charge >= 0.3 is 0 Å². The monoisotopic (exact) mass is 338 g/mol. The van der Waals surface area contributed by atoms with Crippen molar-refractivity contribution < 1.29 is 4.79 Å². The molecule has 0 N–H and O–H groups in total. The molecule has 3 aliphatic heterocycles. The van der Waals surface area contributed by atoms with Crippen molar-refractivity contribution in [1.29, 1.82) is 0 Å². The van der Waals surface area contributed by atoms with E-state index in [-0.39, 0.29) is 17.4 Å². The van der Waals surface area contributed by atoms with Crippen molar-refractivity contribution in [3.05, 3.63) is 0 Å². The first-order chi connectivity index (χ1) is 8.08. The van der Waals surface area contributed by atoms with E-state index in [0.717, 1.165) is 0 Å². The number of hydrogen-bond donors (Lipinski definition) is 0. The Labute approximate surface area is 131 Å². The van der Waals surface area contributed by atoms with Crippen molar-refractivity contribution in [3.8, 4) is 0 Å². The Hall–Kier alpha value is 1.42. The first-order valence-electron chi connectivity index (χ1n) is 6.06. The fourth-order valence-corrected chi connectivity index (χ4v) is 17.3. The van der Waals surface area contributed by atoms with E-state index in [2.05, 4.69) is 63.0 Å². The molecule has 0 radical (unpaired) electrons. The van der Waals surface area contributed by atoms with Crippen molar-refractivity contribution in [2.75, 3.05) is 0 Å². The minimum absolute atomic E-state index is 0.0203. The van der Waals surface area contributed by atoms with Gasteiger partial charge in [0.25, 0.3) is 0 Å². The van der Waals surface area contributed by atoms with Gasteiger partial charge in [0, 0.05) is 6.92 Å². The summed E-state index contributed by atoms with van der Waals surface area (Å²) in [5.74, 6) is 0. The third-order valence-corrected chi connectivity index (χ3v) is 12.6. The number of carbonyl (C=O) groups is 1. The van der Waals surface area contributed by atoms with Gasteiger partial charge in [0.2, 0.25) is 0 Å². The van der Waals surface area contributed by atoms with Gasteiger partial charge in [0.1, 0.15) is 0 Å². The zero-order chi connectivity index (χ0) is 13.4. The van der Waals surface area contributed by atoms with Gasteiger partial charge in [-0.1, -0.05) is 11.8 Å². The molecular weight excluding hydrogens is 320 g/mol. The van der Waals surface area contributed by atoms with Crippen molar-refractivity contribution in [1.82, 2.24) is 0 Å². The molecule has 18 heavy (non-hydrogen) atoms. The average Bonchev–Trinajstić information content (AvgIpc) is 2.23. The van der Waals surface area contributed by atoms with E-state index in [4.69, 9.17) is 0 Å². The average molecular weight is 339 g/mol. The molecule has 3 aliphatic rings. The van der Waals surface area contributed by atoms with E-state index in [1.807, 2.05) is 11.8 Å². The highest BCUT2D eigenvalue weighted by molar-refractivity contribution is 8.38. The van der Waals surface area contributed by atoms with Gasteiger partial charge in [-0.2, -0.15) is 0 Å². The summed E-state index contributed by atoms with van der Waals surface area (Å²) >= 11 is 9.99. The molecule has 3 rings (SSSR count). The number of fused-ring (bicyclic) bond motifs is 2. The molecule has 0 aliphatic carbocycles. The third-order valence-electron chi connectivity index (χ3n) is 3.56. The Kier molecular flexibility index (Phi) is 3.18. The molecule has 0 amide bonds. The van der Waals surface area contributed by atoms with Crippen molar-refractivity contribution in [2.45, 2.75) is 62.6 Å². The van der Waals surface area contributed by atoms with Crippen molar-refractivity contribution in [3.63, 3.8) is 0 Å². The van der Waals surface area contributed by atoms with Gasteiger partial charge < -0.3 is 0 Å². The molecule has 102 valence electrons. The smallest absolute Gasteiger partial charge is 0.187 e. The molecule has 0 spiro atoms. The second-order valence-electron chi connectivity index (χ2n) is 5.87. The van der Waals surface area contributed by atoms with Crippen LogP contribution in [0.5, 0.6) is 0 Å². The van der Waals surface area contributed by atoms with Crippen LogP contribution in [0.1, 0.15) is 41.0 Å². The van der Waals surface area contributed by atoms with Crippen LogP contribution in [-0.4, -0.2) is 26.7 Å². The minimum Gasteiger partial charge on any atom is -0.287 e. The molecular formula is C12H18OS5. The molecule has 5 atom stereocenters. The topological polar surface area (TPSA) is 17.1 Å². The molecule has 5 unspecified atom stereocenters. The van der Waals surface area contributed by atoms with E-state index in [1.165, 1.54) is 6.42 Å². The lowest BCUT2D eigenvalue weighted by molar-refractivity contribution is -0.109. The first-order valence-corrected chi connectivity index (χ1v) is 10.2. The van der Waals surface area contributed by atoms with Gasteiger partial charge in [-0.3, -0.25) is 4.79 Å². The molecule has 0 aromatic heterocycles. The Balaban J connectivity index is 2.05. The third kappa shape index (κ3) is 2.09. The summed E-state index contributed by atoms with van der Waals surface area (Å²) < 4.78 is 0.870. The maximum atomic E-state index is 11.6. The van der Waals surface area contributed by atoms with Crippen LogP contribution in [0.25, 0.3) is 0 Å². The van der Waals surface area contributed by atoms with E-state index in [9.17, 15) is 4.79 Å². The maximum Gasteiger partial charge on any atom is 0.187 e. The summed E-state index contributed by atoms with van der Waals surface area (Å²) in [5, 5.41) is 0.794. The lowest BCUT2D eigenvalue weighted by atomic mass is 10.2. The highest BCUT2D eigenvalue weighted by Gasteiger charge is 2.70. The Bertz CT molecular complexity index is 425. The highest BCUT2D eigenvalue weighted by atomic mass is 32.3. The van der Waals surface area contributed by atoms with Crippen LogP contribution in [0.2, 0.25) is 0 Å². The number of carbonyl (C=O) groups excluding carboxylic acids is 1. The van der Waals surface area contributed by atoms with E-state index >= 15 is 0 Å². The number of thioether (sulfide) groups is 5. The van der Waals surface area contributed by atoms with Crippen LogP contribution in [0.3, 0.4) is 0 Å². The van der Waals surface area contributed by atoms with Crippen LogP contribution in [0.15, 0.2) is 0 Å². The van der Waals surface area contributed by atoms with Crippen LogP contribution >= 0.6 is 58.8 Å². The molecule has 6 heteroatoms. The normalized spacial score (nSPS) is 57.9. The van der Waals surface area contributed by atoms with E-state index in [1.54, 1.807) is 18.7 Å². The first kappa shape index (κ1) is 14.4. The van der Waals surface area contributed by atoms with Crippen LogP contribution in [0.4, 0.5) is 0 Å². The maximum absolute atomic E-state index is 11.6. The van der Waals surface area contributed by atoms with E-state index < -0.39 is 0 Å². The van der Waals surface area contributed by atoms with Gasteiger partial charge in [-0.15, -0.1) is 47.0 Å². The predicted octanol–water partition coefficient (Wildman–Crippen LogP) is 4.86. The lowest BCUT2D eigenvalue weighted by Gasteiger charge is -2.54. The summed E-state index contributed by atoms with van der Waals surface area (Å²) in [6.07, 6.45) is 1.23. The number of rotatable bonds is 1. The second-order valence-corrected chi connectivity index (χ2v) is 16.0. The van der Waals surface area contributed by atoms with Gasteiger partial charge in [-0.05, 0) is 34.1 Å². The van der Waals surface area contributed by atoms with Gasteiger partial charge in [0.05, 0.1) is 21.6 Å². The quantitative estimate of drug-likeness (QED) is 0.674. The predicted molar refractivity (Wildman–Crippen MR) is 90.7 cm³/mol. The van der Waals surface area contributed by atoms with Gasteiger partial charge in [-0.25, -0.2) is 0 Å². The summed E-state index contributed by atoms with van der Waals surface area (Å²) in [4.78, 5) is 11.6. The van der Waals surface area contributed by atoms with Crippen molar-refractivity contribution >= 4 is 63.9 Å². The van der Waals surface area contributed by atoms with Crippen LogP contribution < -0.4 is 0 Å². The van der Waals surface area contributed by atoms with Gasteiger partial charge in [0.15, 0.2) is 5.12 Å². The van der Waals surface area contributed by atoms with Crippen LogP contribution in [0, 0.1) is 0 Å². The largest absolute Gasteiger partial charge is 0.287 e. The fraction of sp³-hybridized carbons (Fsp3) is 0.917. The molecule has 3 bridgehead atoms. The minimum atomic E-state index is 0.0203. The standard InChI is InChI=1S/C12H18OS5/c1-7(13)14-11(4)8-12(5)16-9(2,15-8)6-10(3,17-11)18-12/h8H,6H2,1-5H3. The molecule has 3 fully saturated rings. The molecule has 0 aromatic rings. The summed E-state index contributed by atoms with van der Waals surface area (Å²) in [5.41, 5.74) is 0. The summed E-state index contributed by atoms with van der Waals surface area (Å²) in [6.45, 7) is 11.1. The van der Waals surface area contributed by atoms with E-state index in [0.29, 0.717) is 9.33 Å². The van der Waals surface area contributed by atoms with Crippen LogP contribution in [-0.2, 0) is 4.79 Å². The molecule has 0 aromatic carbocycles. The molecule has 1 nitrogen and oxygen atoms in total. The molecule has 0 saturated carbocycles. The fourth-order valence-electron chi connectivity index (χ4n) is 3.54. The summed E-state index contributed by atoms with van der Waals surface area (Å²) in [7, 11) is 0. The second kappa shape index (κ2) is 3.99. The Morgan fingerprint density at radius 1 is 1.11 bits per heavy atom.